The third-order valence-electron chi connectivity index (χ3n) is 2.88. The molecular formula is C15H24N2O2. The number of nitrogen functional groups attached to an aromatic ring is 1. The molecule has 1 aromatic rings. The van der Waals surface area contributed by atoms with Gasteiger partial charge in [0.1, 0.15) is 6.61 Å². The van der Waals surface area contributed by atoms with E-state index in [4.69, 9.17) is 10.5 Å². The van der Waals surface area contributed by atoms with Crippen molar-refractivity contribution in [1.82, 2.24) is 5.32 Å². The summed E-state index contributed by atoms with van der Waals surface area (Å²) in [7, 11) is 0. The molecule has 4 nitrogen and oxygen atoms in total. The summed E-state index contributed by atoms with van der Waals surface area (Å²) in [5, 5.41) is 3.34. The highest BCUT2D eigenvalue weighted by Gasteiger charge is 2.09. The lowest BCUT2D eigenvalue weighted by Crippen LogP contribution is -2.32. The number of ether oxygens (including phenoxy) is 1. The average Bonchev–Trinajstić information content (AvgIpc) is 2.42. The Balaban J connectivity index is 2.24. The Labute approximate surface area is 115 Å². The minimum Gasteiger partial charge on any atom is -0.460 e. The van der Waals surface area contributed by atoms with Gasteiger partial charge in [-0.05, 0) is 44.2 Å². The van der Waals surface area contributed by atoms with Crippen molar-refractivity contribution in [3.63, 3.8) is 0 Å². The summed E-state index contributed by atoms with van der Waals surface area (Å²) >= 11 is 0. The zero-order valence-corrected chi connectivity index (χ0v) is 11.8. The normalized spacial score (nSPS) is 12.1. The summed E-state index contributed by atoms with van der Waals surface area (Å²) in [4.78, 5) is 11.7. The summed E-state index contributed by atoms with van der Waals surface area (Å²) < 4.78 is 5.24. The largest absolute Gasteiger partial charge is 0.460 e. The van der Waals surface area contributed by atoms with Crippen molar-refractivity contribution in [3.05, 3.63) is 29.8 Å². The van der Waals surface area contributed by atoms with E-state index in [-0.39, 0.29) is 12.0 Å². The fourth-order valence-electron chi connectivity index (χ4n) is 1.69. The lowest BCUT2D eigenvalue weighted by atomic mass is 10.2. The van der Waals surface area contributed by atoms with Gasteiger partial charge in [0.15, 0.2) is 0 Å². The van der Waals surface area contributed by atoms with Crippen molar-refractivity contribution < 1.29 is 9.53 Å². The Kier molecular flexibility index (Phi) is 6.97. The van der Waals surface area contributed by atoms with Gasteiger partial charge >= 0.3 is 5.97 Å². The minimum absolute atomic E-state index is 0.176. The summed E-state index contributed by atoms with van der Waals surface area (Å²) in [5.41, 5.74) is 6.74. The first-order valence-electron chi connectivity index (χ1n) is 6.89. The van der Waals surface area contributed by atoms with Crippen molar-refractivity contribution in [2.75, 3.05) is 18.9 Å². The first kappa shape index (κ1) is 15.5. The van der Waals surface area contributed by atoms with E-state index in [1.165, 1.54) is 12.8 Å². The quantitative estimate of drug-likeness (QED) is 0.430. The van der Waals surface area contributed by atoms with E-state index in [1.807, 2.05) is 6.92 Å². The van der Waals surface area contributed by atoms with Crippen molar-refractivity contribution in [2.45, 2.75) is 39.2 Å². The monoisotopic (exact) mass is 264 g/mol. The fraction of sp³-hybridized carbons (Fsp3) is 0.533. The molecule has 0 saturated carbocycles. The van der Waals surface area contributed by atoms with Crippen molar-refractivity contribution in [3.8, 4) is 0 Å². The Bertz CT molecular complexity index is 376. The molecule has 0 radical (unpaired) electrons. The maximum absolute atomic E-state index is 11.7. The minimum atomic E-state index is -0.304. The Morgan fingerprint density at radius 1 is 1.32 bits per heavy atom. The maximum atomic E-state index is 11.7. The third-order valence-corrected chi connectivity index (χ3v) is 2.88. The molecule has 0 aliphatic carbocycles. The van der Waals surface area contributed by atoms with Crippen LogP contribution >= 0.6 is 0 Å². The van der Waals surface area contributed by atoms with Crippen LogP contribution in [0.15, 0.2) is 24.3 Å². The van der Waals surface area contributed by atoms with Crippen LogP contribution in [-0.4, -0.2) is 25.2 Å². The summed E-state index contributed by atoms with van der Waals surface area (Å²) in [6.45, 7) is 5.55. The molecule has 0 unspecified atom stereocenters. The molecule has 0 spiro atoms. The van der Waals surface area contributed by atoms with E-state index in [0.717, 1.165) is 13.0 Å². The lowest BCUT2D eigenvalue weighted by molar-refractivity contribution is 0.0472. The number of rotatable bonds is 8. The molecule has 1 aromatic carbocycles. The smallest absolute Gasteiger partial charge is 0.338 e. The van der Waals surface area contributed by atoms with Crippen LogP contribution in [0.5, 0.6) is 0 Å². The number of nitrogens with one attached hydrogen (secondary N) is 1. The molecule has 0 saturated heterocycles. The van der Waals surface area contributed by atoms with Gasteiger partial charge in [0.05, 0.1) is 5.56 Å². The summed E-state index contributed by atoms with van der Waals surface area (Å²) in [5.74, 6) is -0.304. The third kappa shape index (κ3) is 6.25. The van der Waals surface area contributed by atoms with Gasteiger partial charge in [0, 0.05) is 11.7 Å². The molecule has 0 aliphatic rings. The molecule has 0 bridgehead atoms. The Hall–Kier alpha value is -1.55. The van der Waals surface area contributed by atoms with E-state index < -0.39 is 0 Å². The van der Waals surface area contributed by atoms with Gasteiger partial charge in [-0.1, -0.05) is 19.8 Å². The second-order valence-corrected chi connectivity index (χ2v) is 4.78. The Morgan fingerprint density at radius 3 is 2.63 bits per heavy atom. The highest BCUT2D eigenvalue weighted by atomic mass is 16.5. The van der Waals surface area contributed by atoms with Crippen LogP contribution in [0.25, 0.3) is 0 Å². The molecule has 19 heavy (non-hydrogen) atoms. The number of nitrogens with two attached hydrogens (primary N) is 1. The molecule has 1 rings (SSSR count). The number of benzene rings is 1. The molecular weight excluding hydrogens is 240 g/mol. The molecule has 4 heteroatoms. The number of esters is 1. The molecule has 0 aromatic heterocycles. The van der Waals surface area contributed by atoms with Crippen LogP contribution in [-0.2, 0) is 4.74 Å². The van der Waals surface area contributed by atoms with Crippen LogP contribution < -0.4 is 11.1 Å². The number of hydrogen-bond acceptors (Lipinski definition) is 4. The second kappa shape index (κ2) is 8.53. The van der Waals surface area contributed by atoms with E-state index >= 15 is 0 Å². The molecule has 0 amide bonds. The number of anilines is 1. The van der Waals surface area contributed by atoms with Crippen LogP contribution in [0.4, 0.5) is 5.69 Å². The topological polar surface area (TPSA) is 64.3 Å². The van der Waals surface area contributed by atoms with Gasteiger partial charge in [-0.2, -0.15) is 0 Å². The second-order valence-electron chi connectivity index (χ2n) is 4.78. The van der Waals surface area contributed by atoms with Gasteiger partial charge in [0.25, 0.3) is 0 Å². The molecule has 1 atom stereocenters. The van der Waals surface area contributed by atoms with E-state index in [0.29, 0.717) is 17.9 Å². The first-order chi connectivity index (χ1) is 9.13. The van der Waals surface area contributed by atoms with Crippen LogP contribution in [0, 0.1) is 0 Å². The van der Waals surface area contributed by atoms with E-state index in [9.17, 15) is 4.79 Å². The first-order valence-corrected chi connectivity index (χ1v) is 6.89. The maximum Gasteiger partial charge on any atom is 0.338 e. The molecule has 3 N–H and O–H groups in total. The summed E-state index contributed by atoms with van der Waals surface area (Å²) in [6.07, 6.45) is 3.60. The molecule has 106 valence electrons. The van der Waals surface area contributed by atoms with Gasteiger partial charge in [-0.25, -0.2) is 4.79 Å². The van der Waals surface area contributed by atoms with Crippen LogP contribution in [0.1, 0.15) is 43.5 Å². The van der Waals surface area contributed by atoms with Gasteiger partial charge < -0.3 is 15.8 Å². The predicted molar refractivity (Wildman–Crippen MR) is 78.1 cm³/mol. The van der Waals surface area contributed by atoms with E-state index in [1.54, 1.807) is 24.3 Å². The molecule has 0 fully saturated rings. The van der Waals surface area contributed by atoms with Gasteiger partial charge in [0.2, 0.25) is 0 Å². The van der Waals surface area contributed by atoms with Crippen LogP contribution in [0.2, 0.25) is 0 Å². The SMILES string of the molecule is CCCCCN[C@@H](C)COC(=O)c1ccc(N)cc1. The van der Waals surface area contributed by atoms with Crippen LogP contribution in [0.3, 0.4) is 0 Å². The highest BCUT2D eigenvalue weighted by Crippen LogP contribution is 2.07. The average molecular weight is 264 g/mol. The fourth-order valence-corrected chi connectivity index (χ4v) is 1.69. The van der Waals surface area contributed by atoms with Gasteiger partial charge in [-0.15, -0.1) is 0 Å². The zero-order chi connectivity index (χ0) is 14.1. The number of carbonyl (C=O) groups excluding carboxylic acids is 1. The zero-order valence-electron chi connectivity index (χ0n) is 11.8. The molecule has 0 heterocycles. The van der Waals surface area contributed by atoms with Crippen molar-refractivity contribution in [1.29, 1.82) is 0 Å². The molecule has 0 aliphatic heterocycles. The van der Waals surface area contributed by atoms with Gasteiger partial charge in [-0.3, -0.25) is 0 Å². The number of carbonyl (C=O) groups is 1. The number of hydrogen-bond donors (Lipinski definition) is 2. The standard InChI is InChI=1S/C15H24N2O2/c1-3-4-5-10-17-12(2)11-19-15(18)13-6-8-14(16)9-7-13/h6-9,12,17H,3-5,10-11,16H2,1-2H3/t12-/m0/s1. The van der Waals surface area contributed by atoms with Crippen molar-refractivity contribution >= 4 is 11.7 Å². The Morgan fingerprint density at radius 2 is 2.00 bits per heavy atom. The number of unbranched alkanes of at least 4 members (excludes halogenated alkanes) is 2. The lowest BCUT2D eigenvalue weighted by Gasteiger charge is -2.14. The highest BCUT2D eigenvalue weighted by molar-refractivity contribution is 5.89. The van der Waals surface area contributed by atoms with Crippen molar-refractivity contribution in [2.24, 2.45) is 0 Å². The summed E-state index contributed by atoms with van der Waals surface area (Å²) in [6, 6.07) is 6.93. The van der Waals surface area contributed by atoms with E-state index in [2.05, 4.69) is 12.2 Å². The predicted octanol–water partition coefficient (Wildman–Crippen LogP) is 2.59.